The molecule has 0 spiro atoms. The third kappa shape index (κ3) is 2.68. The van der Waals surface area contributed by atoms with Crippen LogP contribution in [-0.4, -0.2) is 40.0 Å². The lowest BCUT2D eigenvalue weighted by atomic mass is 9.83. The molecule has 6 heteroatoms. The van der Waals surface area contributed by atoms with Gasteiger partial charge in [0.1, 0.15) is 5.69 Å². The van der Waals surface area contributed by atoms with Crippen LogP contribution in [0.1, 0.15) is 36.7 Å². The first kappa shape index (κ1) is 14.1. The molecule has 1 aliphatic heterocycles. The summed E-state index contributed by atoms with van der Waals surface area (Å²) in [6.07, 6.45) is 3.65. The molecule has 104 valence electrons. The number of aromatic amines is 1. The van der Waals surface area contributed by atoms with Crippen LogP contribution >= 0.6 is 15.9 Å². The molecule has 0 aliphatic carbocycles. The lowest BCUT2D eigenvalue weighted by Gasteiger charge is -2.24. The first-order valence-corrected chi connectivity index (χ1v) is 7.14. The summed E-state index contributed by atoms with van der Waals surface area (Å²) in [5.74, 6) is -0.928. The van der Waals surface area contributed by atoms with Gasteiger partial charge in [-0.3, -0.25) is 9.59 Å². The number of amides is 1. The quantitative estimate of drug-likeness (QED) is 0.891. The number of likely N-dealkylation sites (tertiary alicyclic amines) is 1. The molecule has 1 aromatic heterocycles. The van der Waals surface area contributed by atoms with Gasteiger partial charge in [0.2, 0.25) is 0 Å². The minimum absolute atomic E-state index is 0.134. The molecule has 19 heavy (non-hydrogen) atoms. The monoisotopic (exact) mass is 328 g/mol. The van der Waals surface area contributed by atoms with Gasteiger partial charge in [0.05, 0.1) is 5.41 Å². The van der Waals surface area contributed by atoms with Gasteiger partial charge in [0.25, 0.3) is 5.91 Å². The average molecular weight is 329 g/mol. The van der Waals surface area contributed by atoms with Crippen LogP contribution in [0, 0.1) is 5.41 Å². The number of carboxylic acid groups (broad SMARTS) is 1. The molecule has 1 saturated heterocycles. The number of carbonyl (C=O) groups excluding carboxylic acids is 1. The lowest BCUT2D eigenvalue weighted by Crippen LogP contribution is -2.37. The predicted octanol–water partition coefficient (Wildman–Crippen LogP) is 2.49. The van der Waals surface area contributed by atoms with E-state index < -0.39 is 11.4 Å². The van der Waals surface area contributed by atoms with Gasteiger partial charge >= 0.3 is 5.97 Å². The average Bonchev–Trinajstić information content (AvgIpc) is 2.96. The molecule has 2 N–H and O–H groups in total. The van der Waals surface area contributed by atoms with E-state index >= 15 is 0 Å². The normalized spacial score (nSPS) is 22.7. The second-order valence-electron chi connectivity index (χ2n) is 5.04. The molecule has 1 unspecified atom stereocenters. The Labute approximate surface area is 120 Å². The van der Waals surface area contributed by atoms with Crippen molar-refractivity contribution in [3.8, 4) is 0 Å². The van der Waals surface area contributed by atoms with Crippen LogP contribution in [0.2, 0.25) is 0 Å². The number of nitrogens with one attached hydrogen (secondary N) is 1. The minimum Gasteiger partial charge on any atom is -0.481 e. The van der Waals surface area contributed by atoms with E-state index in [2.05, 4.69) is 20.9 Å². The van der Waals surface area contributed by atoms with E-state index in [9.17, 15) is 14.7 Å². The van der Waals surface area contributed by atoms with Crippen molar-refractivity contribution in [2.75, 3.05) is 13.1 Å². The van der Waals surface area contributed by atoms with Crippen molar-refractivity contribution in [1.82, 2.24) is 9.88 Å². The van der Waals surface area contributed by atoms with E-state index in [4.69, 9.17) is 0 Å². The molecule has 1 aromatic rings. The molecule has 0 saturated carbocycles. The summed E-state index contributed by atoms with van der Waals surface area (Å²) in [4.78, 5) is 28.2. The maximum Gasteiger partial charge on any atom is 0.311 e. The van der Waals surface area contributed by atoms with Gasteiger partial charge in [-0.2, -0.15) is 0 Å². The topological polar surface area (TPSA) is 73.4 Å². The standard InChI is InChI=1S/C13H17BrN2O3/c1-2-3-13(12(18)19)4-5-16(8-13)11(17)10-6-9(14)7-15-10/h6-7,15H,2-5,8H2,1H3,(H,18,19). The van der Waals surface area contributed by atoms with Crippen molar-refractivity contribution in [3.63, 3.8) is 0 Å². The second-order valence-corrected chi connectivity index (χ2v) is 5.96. The highest BCUT2D eigenvalue weighted by Crippen LogP contribution is 2.36. The van der Waals surface area contributed by atoms with Crippen molar-refractivity contribution < 1.29 is 14.7 Å². The molecule has 1 fully saturated rings. The van der Waals surface area contributed by atoms with Gasteiger partial charge in [-0.15, -0.1) is 0 Å². The maximum absolute atomic E-state index is 12.3. The Balaban J connectivity index is 2.13. The number of hydrogen-bond donors (Lipinski definition) is 2. The van der Waals surface area contributed by atoms with Gasteiger partial charge < -0.3 is 15.0 Å². The van der Waals surface area contributed by atoms with E-state index in [-0.39, 0.29) is 5.91 Å². The van der Waals surface area contributed by atoms with E-state index in [0.717, 1.165) is 10.9 Å². The molecule has 2 rings (SSSR count). The Morgan fingerprint density at radius 2 is 2.32 bits per heavy atom. The van der Waals surface area contributed by atoms with Gasteiger partial charge in [-0.1, -0.05) is 13.3 Å². The summed E-state index contributed by atoms with van der Waals surface area (Å²) in [5, 5.41) is 9.42. The molecule has 2 heterocycles. The minimum atomic E-state index is -0.794. The molecular weight excluding hydrogens is 312 g/mol. The summed E-state index contributed by atoms with van der Waals surface area (Å²) in [5.41, 5.74) is -0.279. The highest BCUT2D eigenvalue weighted by atomic mass is 79.9. The van der Waals surface area contributed by atoms with Crippen LogP contribution in [0.5, 0.6) is 0 Å². The zero-order chi connectivity index (χ0) is 14.0. The van der Waals surface area contributed by atoms with Gasteiger partial charge in [-0.25, -0.2) is 0 Å². The molecular formula is C13H17BrN2O3. The number of carbonyl (C=O) groups is 2. The first-order valence-electron chi connectivity index (χ1n) is 6.35. The first-order chi connectivity index (χ1) is 8.98. The van der Waals surface area contributed by atoms with E-state index in [1.165, 1.54) is 0 Å². The number of hydrogen-bond acceptors (Lipinski definition) is 2. The van der Waals surface area contributed by atoms with Crippen molar-refractivity contribution in [3.05, 3.63) is 22.4 Å². The Morgan fingerprint density at radius 1 is 1.58 bits per heavy atom. The van der Waals surface area contributed by atoms with Crippen molar-refractivity contribution in [2.45, 2.75) is 26.2 Å². The van der Waals surface area contributed by atoms with Crippen LogP contribution < -0.4 is 0 Å². The van der Waals surface area contributed by atoms with E-state index in [1.54, 1.807) is 17.2 Å². The Morgan fingerprint density at radius 3 is 2.84 bits per heavy atom. The van der Waals surface area contributed by atoms with Crippen molar-refractivity contribution >= 4 is 27.8 Å². The Kier molecular flexibility index (Phi) is 3.99. The van der Waals surface area contributed by atoms with Crippen LogP contribution in [0.4, 0.5) is 0 Å². The highest BCUT2D eigenvalue weighted by molar-refractivity contribution is 9.10. The largest absolute Gasteiger partial charge is 0.481 e. The van der Waals surface area contributed by atoms with Gasteiger partial charge in [-0.05, 0) is 34.8 Å². The number of aliphatic carboxylic acids is 1. The SMILES string of the molecule is CCCC1(C(=O)O)CCN(C(=O)c2cc(Br)c[nH]2)C1. The maximum atomic E-state index is 12.3. The number of nitrogens with zero attached hydrogens (tertiary/aromatic N) is 1. The smallest absolute Gasteiger partial charge is 0.311 e. The summed E-state index contributed by atoms with van der Waals surface area (Å²) in [7, 11) is 0. The van der Waals surface area contributed by atoms with Crippen LogP contribution in [0.15, 0.2) is 16.7 Å². The molecule has 1 atom stereocenters. The summed E-state index contributed by atoms with van der Waals surface area (Å²) in [6.45, 7) is 2.77. The van der Waals surface area contributed by atoms with Crippen molar-refractivity contribution in [2.24, 2.45) is 5.41 Å². The summed E-state index contributed by atoms with van der Waals surface area (Å²) in [6, 6.07) is 1.71. The van der Waals surface area contributed by atoms with Crippen LogP contribution in [0.3, 0.4) is 0 Å². The summed E-state index contributed by atoms with van der Waals surface area (Å²) < 4.78 is 0.813. The molecule has 0 bridgehead atoms. The fourth-order valence-corrected chi connectivity index (χ4v) is 3.02. The van der Waals surface area contributed by atoms with Crippen molar-refractivity contribution in [1.29, 1.82) is 0 Å². The van der Waals surface area contributed by atoms with Crippen LogP contribution in [0.25, 0.3) is 0 Å². The number of carboxylic acids is 1. The zero-order valence-electron chi connectivity index (χ0n) is 10.8. The van der Waals surface area contributed by atoms with E-state index in [0.29, 0.717) is 31.6 Å². The third-order valence-corrected chi connectivity index (χ3v) is 4.16. The number of rotatable bonds is 4. The molecule has 0 aromatic carbocycles. The highest BCUT2D eigenvalue weighted by Gasteiger charge is 2.45. The number of H-pyrrole nitrogens is 1. The number of aromatic nitrogens is 1. The fraction of sp³-hybridized carbons (Fsp3) is 0.538. The molecule has 0 radical (unpaired) electrons. The van der Waals surface area contributed by atoms with Crippen LogP contribution in [-0.2, 0) is 4.79 Å². The second kappa shape index (κ2) is 5.36. The third-order valence-electron chi connectivity index (χ3n) is 3.70. The Hall–Kier alpha value is -1.30. The molecule has 5 nitrogen and oxygen atoms in total. The molecule has 1 aliphatic rings. The predicted molar refractivity (Wildman–Crippen MR) is 74.0 cm³/mol. The summed E-state index contributed by atoms with van der Waals surface area (Å²) >= 11 is 3.28. The molecule has 1 amide bonds. The van der Waals surface area contributed by atoms with E-state index in [1.807, 2.05) is 6.92 Å². The van der Waals surface area contributed by atoms with Gasteiger partial charge in [0, 0.05) is 23.8 Å². The lowest BCUT2D eigenvalue weighted by molar-refractivity contribution is -0.148. The van der Waals surface area contributed by atoms with Gasteiger partial charge in [0.15, 0.2) is 0 Å². The fourth-order valence-electron chi connectivity index (χ4n) is 2.67. The Bertz CT molecular complexity index is 500. The number of halogens is 1. The zero-order valence-corrected chi connectivity index (χ0v) is 12.4.